The number of hydrogen-bond acceptors (Lipinski definition) is 3. The van der Waals surface area contributed by atoms with Crippen molar-refractivity contribution in [1.82, 2.24) is 14.7 Å². The summed E-state index contributed by atoms with van der Waals surface area (Å²) in [5, 5.41) is 0. The van der Waals surface area contributed by atoms with Crippen LogP contribution >= 0.6 is 0 Å². The van der Waals surface area contributed by atoms with E-state index >= 15 is 0 Å². The molecule has 0 spiro atoms. The Balaban J connectivity index is 1.54. The zero-order valence-corrected chi connectivity index (χ0v) is 13.6. The molecule has 3 aliphatic rings. The minimum Gasteiger partial charge on any atom is -0.303 e. The van der Waals surface area contributed by atoms with Crippen molar-refractivity contribution in [2.45, 2.75) is 70.5 Å². The summed E-state index contributed by atoms with van der Waals surface area (Å²) in [6.07, 6.45) is 8.44. The lowest BCUT2D eigenvalue weighted by atomic mass is 9.93. The van der Waals surface area contributed by atoms with Gasteiger partial charge in [-0.1, -0.05) is 13.3 Å². The van der Waals surface area contributed by atoms with E-state index in [0.29, 0.717) is 0 Å². The molecule has 2 atom stereocenters. The molecule has 0 aliphatic carbocycles. The quantitative estimate of drug-likeness (QED) is 0.785. The Labute approximate surface area is 125 Å². The Bertz CT molecular complexity index is 299. The summed E-state index contributed by atoms with van der Waals surface area (Å²) in [5.41, 5.74) is 0. The van der Waals surface area contributed by atoms with E-state index in [2.05, 4.69) is 28.5 Å². The zero-order valence-electron chi connectivity index (χ0n) is 13.6. The van der Waals surface area contributed by atoms with Gasteiger partial charge in [0.05, 0.1) is 0 Å². The topological polar surface area (TPSA) is 9.72 Å². The van der Waals surface area contributed by atoms with Gasteiger partial charge in [0.15, 0.2) is 0 Å². The molecule has 3 rings (SSSR count). The molecule has 20 heavy (non-hydrogen) atoms. The van der Waals surface area contributed by atoms with Gasteiger partial charge in [-0.15, -0.1) is 0 Å². The first kappa shape index (κ1) is 14.8. The van der Waals surface area contributed by atoms with Crippen molar-refractivity contribution in [3.05, 3.63) is 0 Å². The van der Waals surface area contributed by atoms with E-state index < -0.39 is 0 Å². The average Bonchev–Trinajstić information content (AvgIpc) is 2.48. The van der Waals surface area contributed by atoms with Gasteiger partial charge < -0.3 is 4.90 Å². The lowest BCUT2D eigenvalue weighted by Crippen LogP contribution is -2.62. The van der Waals surface area contributed by atoms with E-state index in [1.807, 2.05) is 0 Å². The molecule has 3 heterocycles. The molecule has 0 aromatic heterocycles. The monoisotopic (exact) mass is 279 g/mol. The van der Waals surface area contributed by atoms with Gasteiger partial charge in [-0.05, 0) is 65.2 Å². The van der Waals surface area contributed by atoms with Crippen LogP contribution in [0.5, 0.6) is 0 Å². The second kappa shape index (κ2) is 6.76. The van der Waals surface area contributed by atoms with Crippen LogP contribution in [0.4, 0.5) is 0 Å². The molecule has 0 radical (unpaired) electrons. The Morgan fingerprint density at radius 3 is 2.45 bits per heavy atom. The van der Waals surface area contributed by atoms with Crippen molar-refractivity contribution in [2.75, 3.05) is 39.3 Å². The van der Waals surface area contributed by atoms with Crippen LogP contribution in [0.2, 0.25) is 0 Å². The maximum atomic E-state index is 2.87. The van der Waals surface area contributed by atoms with Gasteiger partial charge >= 0.3 is 0 Å². The van der Waals surface area contributed by atoms with Crippen molar-refractivity contribution in [2.24, 2.45) is 0 Å². The minimum absolute atomic E-state index is 0.770. The van der Waals surface area contributed by atoms with Gasteiger partial charge in [-0.3, -0.25) is 9.80 Å². The van der Waals surface area contributed by atoms with Crippen molar-refractivity contribution in [1.29, 1.82) is 0 Å². The second-order valence-electron chi connectivity index (χ2n) is 7.26. The lowest BCUT2D eigenvalue weighted by Gasteiger charge is -2.51. The van der Waals surface area contributed by atoms with Gasteiger partial charge in [0.25, 0.3) is 0 Å². The van der Waals surface area contributed by atoms with Gasteiger partial charge in [0.1, 0.15) is 0 Å². The Kier molecular flexibility index (Phi) is 5.00. The van der Waals surface area contributed by atoms with Crippen LogP contribution in [0, 0.1) is 0 Å². The average molecular weight is 279 g/mol. The summed E-state index contributed by atoms with van der Waals surface area (Å²) < 4.78 is 0. The van der Waals surface area contributed by atoms with Gasteiger partial charge in [0.2, 0.25) is 0 Å². The summed E-state index contributed by atoms with van der Waals surface area (Å²) in [6, 6.07) is 2.50. The Hall–Kier alpha value is -0.120. The fourth-order valence-electron chi connectivity index (χ4n) is 4.67. The van der Waals surface area contributed by atoms with Crippen molar-refractivity contribution >= 4 is 0 Å². The van der Waals surface area contributed by atoms with Crippen molar-refractivity contribution < 1.29 is 0 Å². The molecule has 2 unspecified atom stereocenters. The highest BCUT2D eigenvalue weighted by Crippen LogP contribution is 2.28. The maximum Gasteiger partial charge on any atom is 0.0224 e. The molecular formula is C17H33N3. The number of rotatable bonds is 3. The second-order valence-corrected chi connectivity index (χ2v) is 7.26. The maximum absolute atomic E-state index is 2.87. The van der Waals surface area contributed by atoms with E-state index in [-0.39, 0.29) is 0 Å². The number of nitrogens with zero attached hydrogens (tertiary/aromatic N) is 3. The first-order chi connectivity index (χ1) is 9.78. The van der Waals surface area contributed by atoms with E-state index in [9.17, 15) is 0 Å². The molecule has 3 fully saturated rings. The number of fused-ring (bicyclic) bond motifs is 1. The number of piperidine rings is 2. The fourth-order valence-corrected chi connectivity index (χ4v) is 4.67. The number of piperazine rings is 1. The van der Waals surface area contributed by atoms with Crippen LogP contribution in [0.3, 0.4) is 0 Å². The normalized spacial score (nSPS) is 35.1. The summed E-state index contributed by atoms with van der Waals surface area (Å²) in [7, 11) is 0. The molecule has 116 valence electrons. The fraction of sp³-hybridized carbons (Fsp3) is 1.00. The van der Waals surface area contributed by atoms with Crippen molar-refractivity contribution in [3.63, 3.8) is 0 Å². The number of likely N-dealkylation sites (tertiary alicyclic amines) is 1. The minimum atomic E-state index is 0.770. The highest BCUT2D eigenvalue weighted by Gasteiger charge is 2.36. The summed E-state index contributed by atoms with van der Waals surface area (Å²) in [5.74, 6) is 0. The van der Waals surface area contributed by atoms with Crippen LogP contribution in [0.25, 0.3) is 0 Å². The molecule has 0 amide bonds. The Morgan fingerprint density at radius 2 is 1.70 bits per heavy atom. The summed E-state index contributed by atoms with van der Waals surface area (Å²) in [6.45, 7) is 12.8. The van der Waals surface area contributed by atoms with Crippen LogP contribution < -0.4 is 0 Å². The molecular weight excluding hydrogens is 246 g/mol. The first-order valence-corrected chi connectivity index (χ1v) is 9.00. The molecule has 3 saturated heterocycles. The molecule has 3 heteroatoms. The highest BCUT2D eigenvalue weighted by atomic mass is 15.3. The van der Waals surface area contributed by atoms with E-state index in [1.54, 1.807) is 0 Å². The van der Waals surface area contributed by atoms with Crippen molar-refractivity contribution in [3.8, 4) is 0 Å². The standard InChI is InChI=1S/C17H33N3/c1-3-9-18-11-7-16(8-12-18)20-14-17-6-4-5-10-19(17)13-15(20)2/h15-17H,3-14H2,1-2H3. The first-order valence-electron chi connectivity index (χ1n) is 9.00. The van der Waals surface area contributed by atoms with Gasteiger partial charge in [0, 0.05) is 31.2 Å². The molecule has 0 aromatic rings. The van der Waals surface area contributed by atoms with Gasteiger partial charge in [-0.25, -0.2) is 0 Å². The van der Waals surface area contributed by atoms with Crippen LogP contribution in [-0.4, -0.2) is 72.1 Å². The predicted molar refractivity (Wildman–Crippen MR) is 85.1 cm³/mol. The molecule has 0 bridgehead atoms. The highest BCUT2D eigenvalue weighted by molar-refractivity contribution is 4.93. The molecule has 0 saturated carbocycles. The summed E-state index contributed by atoms with van der Waals surface area (Å²) >= 11 is 0. The van der Waals surface area contributed by atoms with Gasteiger partial charge in [-0.2, -0.15) is 0 Å². The van der Waals surface area contributed by atoms with Crippen LogP contribution in [0.15, 0.2) is 0 Å². The molecule has 0 aromatic carbocycles. The van der Waals surface area contributed by atoms with Crippen LogP contribution in [0.1, 0.15) is 52.4 Å². The Morgan fingerprint density at radius 1 is 0.900 bits per heavy atom. The SMILES string of the molecule is CCCN1CCC(N2CC3CCCCN3CC2C)CC1. The molecule has 0 N–H and O–H groups in total. The smallest absolute Gasteiger partial charge is 0.0224 e. The van der Waals surface area contributed by atoms with E-state index in [1.165, 1.54) is 77.8 Å². The largest absolute Gasteiger partial charge is 0.303 e. The van der Waals surface area contributed by atoms with Crippen LogP contribution in [-0.2, 0) is 0 Å². The zero-order chi connectivity index (χ0) is 13.9. The third-order valence-corrected chi connectivity index (χ3v) is 5.80. The van der Waals surface area contributed by atoms with E-state index in [4.69, 9.17) is 0 Å². The number of hydrogen-bond donors (Lipinski definition) is 0. The summed E-state index contributed by atoms with van der Waals surface area (Å²) in [4.78, 5) is 8.31. The molecule has 3 aliphatic heterocycles. The third kappa shape index (κ3) is 3.20. The third-order valence-electron chi connectivity index (χ3n) is 5.80. The predicted octanol–water partition coefficient (Wildman–Crippen LogP) is 2.42. The van der Waals surface area contributed by atoms with E-state index in [0.717, 1.165) is 18.1 Å². The lowest BCUT2D eigenvalue weighted by molar-refractivity contribution is -0.0225. The molecule has 3 nitrogen and oxygen atoms in total.